The summed E-state index contributed by atoms with van der Waals surface area (Å²) < 4.78 is 0. The van der Waals surface area contributed by atoms with E-state index in [0.717, 1.165) is 23.7 Å². The SMILES string of the molecule is Oc1cccc2c1[C@H]1[C@H]3C[C@@H]2[C@H]31. The molecule has 12 heavy (non-hydrogen) atoms. The summed E-state index contributed by atoms with van der Waals surface area (Å²) in [6.07, 6.45) is 1.39. The number of rotatable bonds is 0. The second kappa shape index (κ2) is 1.41. The van der Waals surface area contributed by atoms with Gasteiger partial charge in [-0.15, -0.1) is 0 Å². The monoisotopic (exact) mass is 158 g/mol. The third-order valence-electron chi connectivity index (χ3n) is 4.07. The van der Waals surface area contributed by atoms with Crippen LogP contribution in [0, 0.1) is 11.8 Å². The molecule has 1 aromatic rings. The fourth-order valence-corrected chi connectivity index (χ4v) is 3.51. The first-order valence-electron chi connectivity index (χ1n) is 4.69. The van der Waals surface area contributed by atoms with Gasteiger partial charge >= 0.3 is 0 Å². The highest BCUT2D eigenvalue weighted by molar-refractivity contribution is 5.57. The van der Waals surface area contributed by atoms with Crippen LogP contribution in [0.2, 0.25) is 0 Å². The van der Waals surface area contributed by atoms with Crippen LogP contribution in [0.1, 0.15) is 29.4 Å². The molecule has 4 rings (SSSR count). The fraction of sp³-hybridized carbons (Fsp3) is 0.455. The molecule has 0 heterocycles. The highest BCUT2D eigenvalue weighted by Crippen LogP contribution is 2.79. The smallest absolute Gasteiger partial charge is 0.119 e. The molecule has 0 amide bonds. The molecule has 1 aromatic carbocycles. The lowest BCUT2D eigenvalue weighted by molar-refractivity contribution is 0.384. The van der Waals surface area contributed by atoms with Crippen molar-refractivity contribution >= 4 is 0 Å². The standard InChI is InChI=1S/C11H10O/c12-8-3-1-2-5-6-4-7-9(6)11(7)10(5)8/h1-3,6-7,9,11-12H,4H2/t6-,7-,9+,11-/m0/s1. The van der Waals surface area contributed by atoms with Crippen LogP contribution >= 0.6 is 0 Å². The Balaban J connectivity index is 2.06. The van der Waals surface area contributed by atoms with E-state index in [-0.39, 0.29) is 0 Å². The van der Waals surface area contributed by atoms with Crippen molar-refractivity contribution in [3.8, 4) is 5.75 Å². The summed E-state index contributed by atoms with van der Waals surface area (Å²) in [6.45, 7) is 0. The van der Waals surface area contributed by atoms with Crippen LogP contribution in [0.4, 0.5) is 0 Å². The summed E-state index contributed by atoms with van der Waals surface area (Å²) in [4.78, 5) is 0. The molecule has 0 aromatic heterocycles. The molecule has 4 atom stereocenters. The molecular weight excluding hydrogens is 148 g/mol. The van der Waals surface area contributed by atoms with Gasteiger partial charge in [-0.1, -0.05) is 12.1 Å². The van der Waals surface area contributed by atoms with Gasteiger partial charge in [-0.2, -0.15) is 0 Å². The lowest BCUT2D eigenvalue weighted by atomic mass is 9.78. The van der Waals surface area contributed by atoms with E-state index in [0.29, 0.717) is 5.75 Å². The van der Waals surface area contributed by atoms with Crippen LogP contribution in [-0.4, -0.2) is 5.11 Å². The van der Waals surface area contributed by atoms with Gasteiger partial charge in [0.15, 0.2) is 0 Å². The van der Waals surface area contributed by atoms with Gasteiger partial charge in [0, 0.05) is 5.56 Å². The van der Waals surface area contributed by atoms with E-state index in [9.17, 15) is 5.11 Å². The predicted molar refractivity (Wildman–Crippen MR) is 45.2 cm³/mol. The molecule has 0 aliphatic heterocycles. The molecule has 1 N–H and O–H groups in total. The number of phenolic OH excluding ortho intramolecular Hbond substituents is 1. The maximum atomic E-state index is 9.67. The zero-order chi connectivity index (χ0) is 7.87. The number of hydrogen-bond donors (Lipinski definition) is 1. The summed E-state index contributed by atoms with van der Waals surface area (Å²) in [5, 5.41) is 9.67. The lowest BCUT2D eigenvalue weighted by Crippen LogP contribution is -2.14. The molecular formula is C11H10O. The van der Waals surface area contributed by atoms with Gasteiger partial charge in [0.25, 0.3) is 0 Å². The number of aromatic hydroxyl groups is 1. The number of fused-ring (bicyclic) bond motifs is 4. The summed E-state index contributed by atoms with van der Waals surface area (Å²) in [6, 6.07) is 6.01. The van der Waals surface area contributed by atoms with Crippen LogP contribution in [0.15, 0.2) is 18.2 Å². The quantitative estimate of drug-likeness (QED) is 0.613. The van der Waals surface area contributed by atoms with E-state index in [4.69, 9.17) is 0 Å². The van der Waals surface area contributed by atoms with Gasteiger partial charge in [-0.25, -0.2) is 0 Å². The van der Waals surface area contributed by atoms with Crippen molar-refractivity contribution in [3.05, 3.63) is 29.3 Å². The van der Waals surface area contributed by atoms with Crippen molar-refractivity contribution in [3.63, 3.8) is 0 Å². The van der Waals surface area contributed by atoms with Gasteiger partial charge in [0.2, 0.25) is 0 Å². The molecule has 0 bridgehead atoms. The van der Waals surface area contributed by atoms with Crippen molar-refractivity contribution in [2.75, 3.05) is 0 Å². The summed E-state index contributed by atoms with van der Waals surface area (Å²) in [5.41, 5.74) is 2.75. The molecule has 3 aliphatic carbocycles. The van der Waals surface area contributed by atoms with Crippen molar-refractivity contribution in [1.29, 1.82) is 0 Å². The van der Waals surface area contributed by atoms with Gasteiger partial charge < -0.3 is 5.11 Å². The Kier molecular flexibility index (Phi) is 0.663. The molecule has 1 heteroatoms. The average molecular weight is 158 g/mol. The van der Waals surface area contributed by atoms with Crippen LogP contribution in [0.3, 0.4) is 0 Å². The highest BCUT2D eigenvalue weighted by Gasteiger charge is 2.69. The lowest BCUT2D eigenvalue weighted by Gasteiger charge is -2.26. The van der Waals surface area contributed by atoms with Gasteiger partial charge in [-0.3, -0.25) is 0 Å². The maximum Gasteiger partial charge on any atom is 0.119 e. The first-order valence-corrected chi connectivity index (χ1v) is 4.69. The highest BCUT2D eigenvalue weighted by atomic mass is 16.3. The third-order valence-corrected chi connectivity index (χ3v) is 4.07. The summed E-state index contributed by atoms with van der Waals surface area (Å²) in [7, 11) is 0. The van der Waals surface area contributed by atoms with Crippen molar-refractivity contribution in [1.82, 2.24) is 0 Å². The number of hydrogen-bond acceptors (Lipinski definition) is 1. The second-order valence-electron chi connectivity index (χ2n) is 4.39. The van der Waals surface area contributed by atoms with Gasteiger partial charge in [0.05, 0.1) is 0 Å². The van der Waals surface area contributed by atoms with Gasteiger partial charge in [-0.05, 0) is 41.7 Å². The Labute approximate surface area is 71.0 Å². The molecule has 0 unspecified atom stereocenters. The van der Waals surface area contributed by atoms with Crippen LogP contribution in [0.25, 0.3) is 0 Å². The molecule has 0 saturated heterocycles. The molecule has 0 radical (unpaired) electrons. The minimum absolute atomic E-state index is 0.548. The third kappa shape index (κ3) is 0.381. The van der Waals surface area contributed by atoms with Crippen molar-refractivity contribution in [2.45, 2.75) is 18.3 Å². The molecule has 1 nitrogen and oxygen atoms in total. The second-order valence-corrected chi connectivity index (χ2v) is 4.39. The van der Waals surface area contributed by atoms with Crippen molar-refractivity contribution < 1.29 is 5.11 Å². The summed E-state index contributed by atoms with van der Waals surface area (Å²) in [5.74, 6) is 4.02. The minimum Gasteiger partial charge on any atom is -0.508 e. The van der Waals surface area contributed by atoms with Crippen LogP contribution in [0.5, 0.6) is 5.75 Å². The van der Waals surface area contributed by atoms with Gasteiger partial charge in [0.1, 0.15) is 5.75 Å². The molecule has 3 aliphatic rings. The number of phenols is 1. The Hall–Kier alpha value is -0.980. The molecule has 2 saturated carbocycles. The normalized spacial score (nSPS) is 44.7. The average Bonchev–Trinajstić information content (AvgIpc) is 2.47. The first kappa shape index (κ1) is 5.63. The van der Waals surface area contributed by atoms with E-state index in [2.05, 4.69) is 6.07 Å². The fourth-order valence-electron chi connectivity index (χ4n) is 3.51. The number of benzene rings is 1. The zero-order valence-electron chi connectivity index (χ0n) is 6.70. The van der Waals surface area contributed by atoms with Crippen molar-refractivity contribution in [2.24, 2.45) is 11.8 Å². The molecule has 60 valence electrons. The molecule has 2 fully saturated rings. The Morgan fingerprint density at radius 2 is 2.25 bits per heavy atom. The zero-order valence-corrected chi connectivity index (χ0v) is 6.70. The van der Waals surface area contributed by atoms with E-state index in [1.165, 1.54) is 17.5 Å². The maximum absolute atomic E-state index is 9.67. The van der Waals surface area contributed by atoms with E-state index < -0.39 is 0 Å². The Morgan fingerprint density at radius 3 is 3.08 bits per heavy atom. The predicted octanol–water partition coefficient (Wildman–Crippen LogP) is 2.22. The Bertz CT molecular complexity index is 383. The van der Waals surface area contributed by atoms with E-state index >= 15 is 0 Å². The molecule has 0 spiro atoms. The summed E-state index contributed by atoms with van der Waals surface area (Å²) >= 11 is 0. The minimum atomic E-state index is 0.548. The first-order chi connectivity index (χ1) is 5.88. The van der Waals surface area contributed by atoms with E-state index in [1.807, 2.05) is 12.1 Å². The van der Waals surface area contributed by atoms with Crippen LogP contribution < -0.4 is 0 Å². The van der Waals surface area contributed by atoms with E-state index in [1.54, 1.807) is 0 Å². The van der Waals surface area contributed by atoms with Crippen LogP contribution in [-0.2, 0) is 0 Å². The topological polar surface area (TPSA) is 20.2 Å². The Morgan fingerprint density at radius 1 is 1.33 bits per heavy atom. The largest absolute Gasteiger partial charge is 0.508 e.